The molecule has 94 valence electrons. The minimum Gasteiger partial charge on any atom is -0.508 e. The van der Waals surface area contributed by atoms with Crippen LogP contribution in [0.15, 0.2) is 30.5 Å². The van der Waals surface area contributed by atoms with Gasteiger partial charge in [0.15, 0.2) is 0 Å². The first-order valence-electron chi connectivity index (χ1n) is 5.77. The van der Waals surface area contributed by atoms with Crippen LogP contribution in [0.25, 0.3) is 11.3 Å². The number of hydrogen-bond acceptors (Lipinski definition) is 5. The fraction of sp³-hybridized carbons (Fsp3) is 0.231. The molecule has 0 spiro atoms. The third kappa shape index (κ3) is 2.75. The van der Waals surface area contributed by atoms with Crippen LogP contribution in [0, 0.1) is 6.92 Å². The van der Waals surface area contributed by atoms with Gasteiger partial charge in [-0.1, -0.05) is 0 Å². The molecule has 0 saturated carbocycles. The number of rotatable bonds is 4. The fourth-order valence-electron chi connectivity index (χ4n) is 1.65. The minimum absolute atomic E-state index is 0.237. The average molecular weight is 244 g/mol. The topological polar surface area (TPSA) is 84.1 Å². The van der Waals surface area contributed by atoms with Gasteiger partial charge in [-0.05, 0) is 31.2 Å². The molecule has 5 nitrogen and oxygen atoms in total. The molecular weight excluding hydrogens is 228 g/mol. The summed E-state index contributed by atoms with van der Waals surface area (Å²) in [4.78, 5) is 8.60. The van der Waals surface area contributed by atoms with E-state index in [9.17, 15) is 5.11 Å². The van der Waals surface area contributed by atoms with Gasteiger partial charge in [0, 0.05) is 18.7 Å². The first-order valence-corrected chi connectivity index (χ1v) is 5.77. The van der Waals surface area contributed by atoms with E-state index in [1.807, 2.05) is 19.1 Å². The number of nitrogens with zero attached hydrogens (tertiary/aromatic N) is 2. The van der Waals surface area contributed by atoms with Crippen molar-refractivity contribution in [1.82, 2.24) is 9.97 Å². The fourth-order valence-corrected chi connectivity index (χ4v) is 1.65. The molecule has 0 atom stereocenters. The lowest BCUT2D eigenvalue weighted by atomic mass is 10.1. The van der Waals surface area contributed by atoms with Gasteiger partial charge in [-0.15, -0.1) is 0 Å². The molecule has 0 aliphatic carbocycles. The Hall–Kier alpha value is -2.14. The third-order valence-electron chi connectivity index (χ3n) is 2.51. The first-order chi connectivity index (χ1) is 8.70. The number of nitrogens with two attached hydrogens (primary N) is 1. The predicted molar refractivity (Wildman–Crippen MR) is 71.4 cm³/mol. The van der Waals surface area contributed by atoms with Gasteiger partial charge in [0.25, 0.3) is 0 Å². The zero-order valence-corrected chi connectivity index (χ0v) is 10.2. The summed E-state index contributed by atoms with van der Waals surface area (Å²) in [6.45, 7) is 3.05. The van der Waals surface area contributed by atoms with Crippen molar-refractivity contribution in [2.45, 2.75) is 6.92 Å². The molecule has 0 aliphatic rings. The van der Waals surface area contributed by atoms with Crippen LogP contribution in [0.1, 0.15) is 5.82 Å². The number of phenols is 1. The summed E-state index contributed by atoms with van der Waals surface area (Å²) in [6.07, 6.45) is 1.75. The quantitative estimate of drug-likeness (QED) is 0.759. The maximum Gasteiger partial charge on any atom is 0.126 e. The second-order valence-corrected chi connectivity index (χ2v) is 3.94. The molecule has 0 bridgehead atoms. The van der Waals surface area contributed by atoms with Crippen LogP contribution >= 0.6 is 0 Å². The Morgan fingerprint density at radius 1 is 1.28 bits per heavy atom. The van der Waals surface area contributed by atoms with E-state index in [4.69, 9.17) is 5.73 Å². The van der Waals surface area contributed by atoms with Crippen molar-refractivity contribution in [3.63, 3.8) is 0 Å². The van der Waals surface area contributed by atoms with Crippen LogP contribution in [-0.4, -0.2) is 28.2 Å². The molecule has 1 aromatic carbocycles. The minimum atomic E-state index is 0.237. The highest BCUT2D eigenvalue weighted by molar-refractivity contribution is 5.73. The zero-order chi connectivity index (χ0) is 13.0. The van der Waals surface area contributed by atoms with Crippen LogP contribution in [0.4, 0.5) is 5.69 Å². The van der Waals surface area contributed by atoms with Crippen molar-refractivity contribution in [2.75, 3.05) is 18.4 Å². The molecule has 2 aromatic rings. The van der Waals surface area contributed by atoms with E-state index >= 15 is 0 Å². The molecule has 0 aliphatic heterocycles. The number of aromatic hydroxyl groups is 1. The molecule has 1 aromatic heterocycles. The highest BCUT2D eigenvalue weighted by Crippen LogP contribution is 2.26. The molecule has 0 saturated heterocycles. The Morgan fingerprint density at radius 3 is 2.67 bits per heavy atom. The monoisotopic (exact) mass is 244 g/mol. The Balaban J connectivity index is 2.40. The second kappa shape index (κ2) is 5.46. The Bertz CT molecular complexity index is 525. The number of anilines is 1. The van der Waals surface area contributed by atoms with Gasteiger partial charge in [-0.25, -0.2) is 9.97 Å². The van der Waals surface area contributed by atoms with Gasteiger partial charge in [0.05, 0.1) is 17.6 Å². The molecule has 1 heterocycles. The van der Waals surface area contributed by atoms with E-state index in [0.717, 1.165) is 16.9 Å². The SMILES string of the molecule is Cc1ncc(NCCN)c(-c2ccc(O)cc2)n1. The van der Waals surface area contributed by atoms with Gasteiger partial charge in [0.1, 0.15) is 11.6 Å². The van der Waals surface area contributed by atoms with Crippen molar-refractivity contribution in [1.29, 1.82) is 0 Å². The molecule has 0 radical (unpaired) electrons. The van der Waals surface area contributed by atoms with Crippen molar-refractivity contribution >= 4 is 5.69 Å². The molecular formula is C13H16N4O. The maximum atomic E-state index is 9.30. The first kappa shape index (κ1) is 12.3. The molecule has 5 heteroatoms. The summed E-state index contributed by atoms with van der Waals surface area (Å²) in [7, 11) is 0. The average Bonchev–Trinajstić information content (AvgIpc) is 2.38. The van der Waals surface area contributed by atoms with Crippen LogP contribution in [0.2, 0.25) is 0 Å². The van der Waals surface area contributed by atoms with Gasteiger partial charge >= 0.3 is 0 Å². The molecule has 2 rings (SSSR count). The number of aromatic nitrogens is 2. The predicted octanol–water partition coefficient (Wildman–Crippen LogP) is 1.53. The van der Waals surface area contributed by atoms with Crippen LogP contribution in [-0.2, 0) is 0 Å². The lowest BCUT2D eigenvalue weighted by Crippen LogP contribution is -2.14. The molecule has 0 amide bonds. The Kier molecular flexibility index (Phi) is 3.74. The van der Waals surface area contributed by atoms with E-state index in [-0.39, 0.29) is 5.75 Å². The summed E-state index contributed by atoms with van der Waals surface area (Å²) in [5.41, 5.74) is 8.07. The number of benzene rings is 1. The molecule has 18 heavy (non-hydrogen) atoms. The van der Waals surface area contributed by atoms with Gasteiger partial charge in [-0.3, -0.25) is 0 Å². The maximum absolute atomic E-state index is 9.30. The summed E-state index contributed by atoms with van der Waals surface area (Å²) in [5, 5.41) is 12.5. The Labute approximate surface area is 106 Å². The summed E-state index contributed by atoms with van der Waals surface area (Å²) in [6, 6.07) is 6.93. The van der Waals surface area contributed by atoms with E-state index in [2.05, 4.69) is 15.3 Å². The Morgan fingerprint density at radius 2 is 2.00 bits per heavy atom. The van der Waals surface area contributed by atoms with Crippen LogP contribution < -0.4 is 11.1 Å². The van der Waals surface area contributed by atoms with Crippen molar-refractivity contribution in [3.8, 4) is 17.0 Å². The molecule has 0 unspecified atom stereocenters. The van der Waals surface area contributed by atoms with E-state index in [0.29, 0.717) is 18.9 Å². The summed E-state index contributed by atoms with van der Waals surface area (Å²) in [5.74, 6) is 0.942. The lowest BCUT2D eigenvalue weighted by molar-refractivity contribution is 0.475. The summed E-state index contributed by atoms with van der Waals surface area (Å²) < 4.78 is 0. The number of nitrogens with one attached hydrogen (secondary N) is 1. The van der Waals surface area contributed by atoms with E-state index in [1.165, 1.54) is 0 Å². The van der Waals surface area contributed by atoms with Crippen molar-refractivity contribution < 1.29 is 5.11 Å². The summed E-state index contributed by atoms with van der Waals surface area (Å²) >= 11 is 0. The zero-order valence-electron chi connectivity index (χ0n) is 10.2. The second-order valence-electron chi connectivity index (χ2n) is 3.94. The molecule has 4 N–H and O–H groups in total. The lowest BCUT2D eigenvalue weighted by Gasteiger charge is -2.11. The number of aryl methyl sites for hydroxylation is 1. The number of phenolic OH excluding ortho intramolecular Hbond substituents is 1. The third-order valence-corrected chi connectivity index (χ3v) is 2.51. The number of hydrogen-bond donors (Lipinski definition) is 3. The highest BCUT2D eigenvalue weighted by Gasteiger charge is 2.07. The van der Waals surface area contributed by atoms with Crippen LogP contribution in [0.5, 0.6) is 5.75 Å². The van der Waals surface area contributed by atoms with Gasteiger partial charge < -0.3 is 16.2 Å². The standard InChI is InChI=1S/C13H16N4O/c1-9-16-8-12(15-7-6-14)13(17-9)10-2-4-11(18)5-3-10/h2-5,8,15,18H,6-7,14H2,1H3. The smallest absolute Gasteiger partial charge is 0.126 e. The van der Waals surface area contributed by atoms with E-state index < -0.39 is 0 Å². The van der Waals surface area contributed by atoms with Crippen molar-refractivity contribution in [2.24, 2.45) is 5.73 Å². The largest absolute Gasteiger partial charge is 0.508 e. The van der Waals surface area contributed by atoms with Gasteiger partial charge in [0.2, 0.25) is 0 Å². The van der Waals surface area contributed by atoms with E-state index in [1.54, 1.807) is 18.3 Å². The van der Waals surface area contributed by atoms with Crippen molar-refractivity contribution in [3.05, 3.63) is 36.3 Å². The highest BCUT2D eigenvalue weighted by atomic mass is 16.3. The van der Waals surface area contributed by atoms with Crippen LogP contribution in [0.3, 0.4) is 0 Å². The molecule has 0 fully saturated rings. The van der Waals surface area contributed by atoms with Gasteiger partial charge in [-0.2, -0.15) is 0 Å². The normalized spacial score (nSPS) is 10.3.